The molecule has 158 valence electrons. The first-order valence-corrected chi connectivity index (χ1v) is 11.1. The molecule has 2 heterocycles. The molecule has 2 aliphatic heterocycles. The van der Waals surface area contributed by atoms with Gasteiger partial charge in [-0.25, -0.2) is 0 Å². The highest BCUT2D eigenvalue weighted by atomic mass is 16.8. The number of hydrogen-bond acceptors (Lipinski definition) is 5. The Morgan fingerprint density at radius 3 is 2.62 bits per heavy atom. The van der Waals surface area contributed by atoms with Crippen LogP contribution in [0.2, 0.25) is 0 Å². The quantitative estimate of drug-likeness (QED) is 0.537. The van der Waals surface area contributed by atoms with E-state index in [-0.39, 0.29) is 27.9 Å². The average Bonchev–Trinajstić information content (AvgIpc) is 3.33. The van der Waals surface area contributed by atoms with E-state index >= 15 is 0 Å². The molecule has 6 nitrogen and oxygen atoms in total. The summed E-state index contributed by atoms with van der Waals surface area (Å²) in [6.45, 7) is 9.09. The van der Waals surface area contributed by atoms with Gasteiger partial charge in [0.15, 0.2) is 6.10 Å². The largest absolute Gasteiger partial charge is 0.348 e. The zero-order chi connectivity index (χ0) is 20.6. The first-order valence-electron chi connectivity index (χ1n) is 11.1. The van der Waals surface area contributed by atoms with E-state index in [4.69, 9.17) is 9.57 Å². The number of rotatable bonds is 5. The molecule has 0 N–H and O–H groups in total. The van der Waals surface area contributed by atoms with E-state index in [0.717, 1.165) is 25.7 Å². The summed E-state index contributed by atoms with van der Waals surface area (Å²) in [5, 5.41) is 14.7. The Hall–Kier alpha value is -1.50. The zero-order valence-electron chi connectivity index (χ0n) is 17.8. The van der Waals surface area contributed by atoms with Crippen molar-refractivity contribution in [2.45, 2.75) is 89.8 Å². The first-order chi connectivity index (χ1) is 13.8. The fraction of sp³-hybridized carbons (Fsp3) is 0.739. The van der Waals surface area contributed by atoms with Crippen molar-refractivity contribution in [1.82, 2.24) is 5.06 Å². The summed E-state index contributed by atoms with van der Waals surface area (Å²) in [5.74, 6) is 0.438. The van der Waals surface area contributed by atoms with Gasteiger partial charge in [-0.05, 0) is 30.6 Å². The van der Waals surface area contributed by atoms with Crippen molar-refractivity contribution in [3.63, 3.8) is 0 Å². The Bertz CT molecular complexity index is 814. The van der Waals surface area contributed by atoms with Gasteiger partial charge in [-0.2, -0.15) is 0 Å². The number of nitrogens with zero attached hydrogens (tertiary/aromatic N) is 2. The number of ether oxygens (including phenoxy) is 1. The Kier molecular flexibility index (Phi) is 4.20. The van der Waals surface area contributed by atoms with Gasteiger partial charge in [0, 0.05) is 15.9 Å². The van der Waals surface area contributed by atoms with E-state index < -0.39 is 17.9 Å². The van der Waals surface area contributed by atoms with E-state index in [2.05, 4.69) is 27.7 Å². The van der Waals surface area contributed by atoms with Crippen LogP contribution >= 0.6 is 0 Å². The lowest BCUT2D eigenvalue weighted by molar-refractivity contribution is -0.597. The van der Waals surface area contributed by atoms with Crippen LogP contribution in [0.15, 0.2) is 30.3 Å². The van der Waals surface area contributed by atoms with E-state index in [0.29, 0.717) is 17.9 Å². The van der Waals surface area contributed by atoms with Gasteiger partial charge in [0.05, 0.1) is 12.1 Å². The van der Waals surface area contributed by atoms with Gasteiger partial charge < -0.3 is 4.74 Å². The van der Waals surface area contributed by atoms with Gasteiger partial charge >= 0.3 is 5.54 Å². The minimum absolute atomic E-state index is 0.0172. The molecule has 0 unspecified atom stereocenters. The minimum atomic E-state index is -1.39. The Morgan fingerprint density at radius 1 is 1.24 bits per heavy atom. The maximum absolute atomic E-state index is 12.8. The van der Waals surface area contributed by atoms with Crippen molar-refractivity contribution in [3.05, 3.63) is 46.0 Å². The summed E-state index contributed by atoms with van der Waals surface area (Å²) in [7, 11) is 0. The van der Waals surface area contributed by atoms with Crippen molar-refractivity contribution in [2.75, 3.05) is 0 Å². The molecule has 29 heavy (non-hydrogen) atoms. The average molecular weight is 401 g/mol. The van der Waals surface area contributed by atoms with Crippen molar-refractivity contribution < 1.29 is 14.5 Å². The molecule has 2 aliphatic carbocycles. The van der Waals surface area contributed by atoms with Crippen LogP contribution in [0.4, 0.5) is 0 Å². The third-order valence-electron chi connectivity index (χ3n) is 9.00. The topological polar surface area (TPSA) is 64.8 Å². The molecule has 0 amide bonds. The molecule has 6 heteroatoms. The fourth-order valence-corrected chi connectivity index (χ4v) is 6.97. The van der Waals surface area contributed by atoms with Crippen LogP contribution in [-0.4, -0.2) is 34.5 Å². The molecule has 2 saturated carbocycles. The van der Waals surface area contributed by atoms with Crippen LogP contribution < -0.4 is 0 Å². The predicted octanol–water partition coefficient (Wildman–Crippen LogP) is 4.51. The van der Waals surface area contributed by atoms with Crippen molar-refractivity contribution in [2.24, 2.45) is 16.7 Å². The molecular formula is C23H32N2O4. The van der Waals surface area contributed by atoms with Crippen LogP contribution in [-0.2, 0) is 15.1 Å². The molecule has 7 atom stereocenters. The fourth-order valence-electron chi connectivity index (χ4n) is 6.97. The zero-order valence-corrected chi connectivity index (χ0v) is 17.8. The van der Waals surface area contributed by atoms with Crippen molar-refractivity contribution in [1.29, 1.82) is 0 Å². The molecule has 1 aromatic rings. The molecule has 1 aromatic carbocycles. The summed E-state index contributed by atoms with van der Waals surface area (Å²) in [6.07, 6.45) is 3.58. The number of nitro groups is 1. The highest BCUT2D eigenvalue weighted by Gasteiger charge is 2.79. The molecule has 4 aliphatic rings. The Balaban J connectivity index is 1.61. The summed E-state index contributed by atoms with van der Waals surface area (Å²) in [4.78, 5) is 19.1. The van der Waals surface area contributed by atoms with Crippen molar-refractivity contribution >= 4 is 0 Å². The molecule has 0 radical (unpaired) electrons. The van der Waals surface area contributed by atoms with Gasteiger partial charge in [0.1, 0.15) is 0 Å². The summed E-state index contributed by atoms with van der Waals surface area (Å²) in [5.41, 5.74) is -0.535. The first kappa shape index (κ1) is 19.5. The van der Waals surface area contributed by atoms with Gasteiger partial charge in [-0.1, -0.05) is 70.9 Å². The number of hydroxylamine groups is 2. The lowest BCUT2D eigenvalue weighted by Crippen LogP contribution is -2.53. The number of unbranched alkanes of at least 4 members (excludes halogenated alkanes) is 1. The van der Waals surface area contributed by atoms with E-state index in [1.807, 2.05) is 35.4 Å². The van der Waals surface area contributed by atoms with Gasteiger partial charge in [0.25, 0.3) is 0 Å². The summed E-state index contributed by atoms with van der Waals surface area (Å²) >= 11 is 0. The van der Waals surface area contributed by atoms with Crippen LogP contribution in [0.25, 0.3) is 0 Å². The SMILES string of the molecule is CCCC[C@@H]1ON2[C@@H]3[C@H]4CC[C@@](C)([C@@H]3O[C@H]2[C@@]1(c1ccccc1)[N+](=O)[O-])C4(C)C. The Labute approximate surface area is 172 Å². The maximum atomic E-state index is 12.8. The predicted molar refractivity (Wildman–Crippen MR) is 108 cm³/mol. The standard InChI is InChI=1S/C23H32N2O4/c1-5-6-12-17-23(25(26)27,15-10-8-7-9-11-15)20-24(29-17)18-16-13-14-22(4,19(18)28-20)21(16,2)3/h7-11,16-20H,5-6,12-14H2,1-4H3/t16-,17+,18-,19-,20+,22+,23+/m1/s1. The normalized spacial score (nSPS) is 44.8. The monoisotopic (exact) mass is 400 g/mol. The third kappa shape index (κ3) is 2.18. The van der Waals surface area contributed by atoms with Crippen LogP contribution in [0.3, 0.4) is 0 Å². The molecule has 0 spiro atoms. The van der Waals surface area contributed by atoms with Crippen LogP contribution in [0, 0.1) is 26.9 Å². The second-order valence-corrected chi connectivity index (χ2v) is 10.2. The number of benzene rings is 1. The second kappa shape index (κ2) is 6.25. The third-order valence-corrected chi connectivity index (χ3v) is 9.00. The molecule has 5 rings (SSSR count). The Morgan fingerprint density at radius 2 is 1.97 bits per heavy atom. The lowest BCUT2D eigenvalue weighted by atomic mass is 9.70. The second-order valence-electron chi connectivity index (χ2n) is 10.2. The molecule has 2 saturated heterocycles. The number of fused-ring (bicyclic) bond motifs is 7. The van der Waals surface area contributed by atoms with Crippen LogP contribution in [0.1, 0.15) is 65.4 Å². The molecular weight excluding hydrogens is 368 g/mol. The van der Waals surface area contributed by atoms with E-state index in [1.165, 1.54) is 0 Å². The summed E-state index contributed by atoms with van der Waals surface area (Å²) in [6, 6.07) is 9.50. The van der Waals surface area contributed by atoms with E-state index in [9.17, 15) is 10.1 Å². The van der Waals surface area contributed by atoms with E-state index in [1.54, 1.807) is 0 Å². The molecule has 4 fully saturated rings. The minimum Gasteiger partial charge on any atom is -0.348 e. The highest BCUT2D eigenvalue weighted by Crippen LogP contribution is 2.71. The summed E-state index contributed by atoms with van der Waals surface area (Å²) < 4.78 is 6.68. The smallest absolute Gasteiger partial charge is 0.315 e. The van der Waals surface area contributed by atoms with Crippen LogP contribution in [0.5, 0.6) is 0 Å². The highest BCUT2D eigenvalue weighted by molar-refractivity contribution is 5.30. The van der Waals surface area contributed by atoms with Gasteiger partial charge in [0.2, 0.25) is 6.23 Å². The van der Waals surface area contributed by atoms with Crippen molar-refractivity contribution in [3.8, 4) is 0 Å². The molecule has 2 bridgehead atoms. The van der Waals surface area contributed by atoms with Gasteiger partial charge in [-0.15, -0.1) is 5.06 Å². The molecule has 0 aromatic heterocycles. The van der Waals surface area contributed by atoms with Gasteiger partial charge in [-0.3, -0.25) is 15.0 Å². The lowest BCUT2D eigenvalue weighted by Gasteiger charge is -2.39. The number of hydrogen-bond donors (Lipinski definition) is 0. The maximum Gasteiger partial charge on any atom is 0.315 e.